The summed E-state index contributed by atoms with van der Waals surface area (Å²) in [6.07, 6.45) is 4.42. The third-order valence-corrected chi connectivity index (χ3v) is 2.98. The molecule has 0 atom stereocenters. The van der Waals surface area contributed by atoms with Crippen molar-refractivity contribution in [2.24, 2.45) is 0 Å². The van der Waals surface area contributed by atoms with Crippen LogP contribution in [0.5, 0.6) is 0 Å². The molecule has 0 fully saturated rings. The van der Waals surface area contributed by atoms with Gasteiger partial charge in [-0.15, -0.1) is 0 Å². The highest BCUT2D eigenvalue weighted by Crippen LogP contribution is 2.10. The summed E-state index contributed by atoms with van der Waals surface area (Å²) in [7, 11) is 0. The Morgan fingerprint density at radius 1 is 1.40 bits per heavy atom. The van der Waals surface area contributed by atoms with E-state index in [9.17, 15) is 4.79 Å². The Kier molecular flexibility index (Phi) is 3.32. The highest BCUT2D eigenvalue weighted by molar-refractivity contribution is 5.67. The minimum Gasteiger partial charge on any atom is -0.406 e. The summed E-state index contributed by atoms with van der Waals surface area (Å²) in [5.41, 5.74) is 0.935. The fourth-order valence-electron chi connectivity index (χ4n) is 1.96. The zero-order valence-corrected chi connectivity index (χ0v) is 11.1. The monoisotopic (exact) mass is 274 g/mol. The number of aromatic nitrogens is 4. The largest absolute Gasteiger partial charge is 0.421 e. The van der Waals surface area contributed by atoms with Gasteiger partial charge in [0.2, 0.25) is 5.89 Å². The van der Waals surface area contributed by atoms with Crippen LogP contribution in [-0.2, 0) is 13.0 Å². The molecule has 0 saturated carbocycles. The Balaban J connectivity index is 1.87. The van der Waals surface area contributed by atoms with Crippen LogP contribution < -0.4 is 5.76 Å². The van der Waals surface area contributed by atoms with Crippen molar-refractivity contribution in [3.63, 3.8) is 0 Å². The molecule has 7 heteroatoms. The standard InChI is InChI=1S/C13H14N4O3/c1-2-3-6-11-15-10(16-20-11)8-17-12-9(19-13(17)18)5-4-7-14-12/h4-5,7H,2-3,6,8H2,1H3. The second-order valence-electron chi connectivity index (χ2n) is 4.49. The Labute approximate surface area is 114 Å². The van der Waals surface area contributed by atoms with Crippen LogP contribution in [0.1, 0.15) is 31.5 Å². The van der Waals surface area contributed by atoms with Crippen LogP contribution in [0.4, 0.5) is 0 Å². The summed E-state index contributed by atoms with van der Waals surface area (Å²) in [5.74, 6) is 0.570. The summed E-state index contributed by atoms with van der Waals surface area (Å²) in [6, 6.07) is 3.41. The lowest BCUT2D eigenvalue weighted by atomic mass is 10.2. The summed E-state index contributed by atoms with van der Waals surface area (Å²) >= 11 is 0. The van der Waals surface area contributed by atoms with Gasteiger partial charge in [-0.3, -0.25) is 4.57 Å². The minimum absolute atomic E-state index is 0.193. The zero-order valence-electron chi connectivity index (χ0n) is 11.1. The molecule has 104 valence electrons. The van der Waals surface area contributed by atoms with E-state index in [0.29, 0.717) is 22.9 Å². The fraction of sp³-hybridized carbons (Fsp3) is 0.385. The molecule has 0 aromatic carbocycles. The van der Waals surface area contributed by atoms with E-state index in [2.05, 4.69) is 22.0 Å². The Bertz CT molecular complexity index is 771. The number of hydrogen-bond donors (Lipinski definition) is 0. The number of fused-ring (bicyclic) bond motifs is 1. The first kappa shape index (κ1) is 12.6. The average Bonchev–Trinajstić information content (AvgIpc) is 3.02. The van der Waals surface area contributed by atoms with Crippen LogP contribution in [0.15, 0.2) is 32.1 Å². The van der Waals surface area contributed by atoms with E-state index in [1.54, 1.807) is 18.3 Å². The fourth-order valence-corrected chi connectivity index (χ4v) is 1.96. The van der Waals surface area contributed by atoms with Gasteiger partial charge in [-0.1, -0.05) is 18.5 Å². The molecule has 3 aromatic heterocycles. The first-order valence-electron chi connectivity index (χ1n) is 6.53. The molecule has 3 aromatic rings. The predicted octanol–water partition coefficient (Wildman–Crippen LogP) is 1.76. The first-order valence-corrected chi connectivity index (χ1v) is 6.53. The van der Waals surface area contributed by atoms with E-state index in [4.69, 9.17) is 8.94 Å². The van der Waals surface area contributed by atoms with Crippen molar-refractivity contribution in [2.45, 2.75) is 32.7 Å². The third kappa shape index (κ3) is 2.34. The van der Waals surface area contributed by atoms with Crippen LogP contribution in [0.2, 0.25) is 0 Å². The summed E-state index contributed by atoms with van der Waals surface area (Å²) < 4.78 is 11.6. The van der Waals surface area contributed by atoms with E-state index in [1.807, 2.05) is 0 Å². The van der Waals surface area contributed by atoms with Crippen LogP contribution in [0.3, 0.4) is 0 Å². The molecule has 7 nitrogen and oxygen atoms in total. The third-order valence-electron chi connectivity index (χ3n) is 2.98. The lowest BCUT2D eigenvalue weighted by Crippen LogP contribution is -2.16. The highest BCUT2D eigenvalue weighted by Gasteiger charge is 2.13. The molecule has 3 heterocycles. The van der Waals surface area contributed by atoms with Gasteiger partial charge in [0.25, 0.3) is 0 Å². The van der Waals surface area contributed by atoms with Gasteiger partial charge in [0.1, 0.15) is 0 Å². The molecule has 0 unspecified atom stereocenters. The average molecular weight is 274 g/mol. The topological polar surface area (TPSA) is 87.0 Å². The lowest BCUT2D eigenvalue weighted by molar-refractivity contribution is 0.368. The van der Waals surface area contributed by atoms with Crippen molar-refractivity contribution in [3.05, 3.63) is 40.6 Å². The molecular formula is C13H14N4O3. The maximum absolute atomic E-state index is 11.8. The van der Waals surface area contributed by atoms with E-state index in [1.165, 1.54) is 4.57 Å². The molecule has 0 saturated heterocycles. The molecule has 0 N–H and O–H groups in total. The van der Waals surface area contributed by atoms with Crippen molar-refractivity contribution in [3.8, 4) is 0 Å². The van der Waals surface area contributed by atoms with Gasteiger partial charge in [0.15, 0.2) is 17.1 Å². The van der Waals surface area contributed by atoms with E-state index < -0.39 is 5.76 Å². The van der Waals surface area contributed by atoms with Gasteiger partial charge < -0.3 is 8.94 Å². The molecular weight excluding hydrogens is 260 g/mol. The van der Waals surface area contributed by atoms with Crippen molar-refractivity contribution in [1.29, 1.82) is 0 Å². The number of nitrogens with zero attached hydrogens (tertiary/aromatic N) is 4. The first-order chi connectivity index (χ1) is 9.78. The molecule has 0 bridgehead atoms. The second-order valence-corrected chi connectivity index (χ2v) is 4.49. The van der Waals surface area contributed by atoms with Crippen LogP contribution in [-0.4, -0.2) is 19.7 Å². The number of oxazole rings is 1. The number of hydrogen-bond acceptors (Lipinski definition) is 6. The van der Waals surface area contributed by atoms with E-state index in [-0.39, 0.29) is 6.54 Å². The maximum Gasteiger partial charge on any atom is 0.421 e. The normalized spacial score (nSPS) is 11.2. The summed E-state index contributed by atoms with van der Waals surface area (Å²) in [6.45, 7) is 2.29. The molecule has 0 spiro atoms. The summed E-state index contributed by atoms with van der Waals surface area (Å²) in [4.78, 5) is 20.2. The molecule has 0 aliphatic rings. The van der Waals surface area contributed by atoms with Crippen molar-refractivity contribution >= 4 is 11.2 Å². The van der Waals surface area contributed by atoms with Gasteiger partial charge in [-0.25, -0.2) is 9.78 Å². The van der Waals surface area contributed by atoms with Gasteiger partial charge in [0.05, 0.1) is 6.54 Å². The number of rotatable bonds is 5. The van der Waals surface area contributed by atoms with Crippen LogP contribution >= 0.6 is 0 Å². The molecule has 0 aliphatic heterocycles. The van der Waals surface area contributed by atoms with Gasteiger partial charge in [0, 0.05) is 12.6 Å². The molecule has 3 rings (SSSR count). The summed E-state index contributed by atoms with van der Waals surface area (Å²) in [5, 5.41) is 3.88. The minimum atomic E-state index is -0.474. The van der Waals surface area contributed by atoms with Crippen LogP contribution in [0.25, 0.3) is 11.2 Å². The van der Waals surface area contributed by atoms with Gasteiger partial charge in [-0.05, 0) is 18.6 Å². The van der Waals surface area contributed by atoms with Crippen molar-refractivity contribution in [2.75, 3.05) is 0 Å². The van der Waals surface area contributed by atoms with Gasteiger partial charge >= 0.3 is 5.76 Å². The Hall–Kier alpha value is -2.44. The Morgan fingerprint density at radius 3 is 3.15 bits per heavy atom. The number of aryl methyl sites for hydroxylation is 1. The number of unbranched alkanes of at least 4 members (excludes halogenated alkanes) is 1. The van der Waals surface area contributed by atoms with Crippen molar-refractivity contribution < 1.29 is 8.94 Å². The maximum atomic E-state index is 11.8. The highest BCUT2D eigenvalue weighted by atomic mass is 16.5. The molecule has 0 amide bonds. The van der Waals surface area contributed by atoms with Crippen LogP contribution in [0, 0.1) is 0 Å². The van der Waals surface area contributed by atoms with E-state index in [0.717, 1.165) is 19.3 Å². The number of pyridine rings is 1. The second kappa shape index (κ2) is 5.28. The van der Waals surface area contributed by atoms with Crippen molar-refractivity contribution in [1.82, 2.24) is 19.7 Å². The molecule has 0 aliphatic carbocycles. The molecule has 20 heavy (non-hydrogen) atoms. The van der Waals surface area contributed by atoms with E-state index >= 15 is 0 Å². The Morgan fingerprint density at radius 2 is 2.30 bits per heavy atom. The molecule has 0 radical (unpaired) electrons. The SMILES string of the molecule is CCCCc1nc(Cn2c(=O)oc3cccnc32)no1. The quantitative estimate of drug-likeness (QED) is 0.704. The zero-order chi connectivity index (χ0) is 13.9. The smallest absolute Gasteiger partial charge is 0.406 e. The van der Waals surface area contributed by atoms with Gasteiger partial charge in [-0.2, -0.15) is 4.98 Å². The predicted molar refractivity (Wildman–Crippen MR) is 70.3 cm³/mol. The lowest BCUT2D eigenvalue weighted by Gasteiger charge is -1.95.